The van der Waals surface area contributed by atoms with E-state index in [4.69, 9.17) is 0 Å². The van der Waals surface area contributed by atoms with E-state index in [1.165, 1.54) is 0 Å². The maximum absolute atomic E-state index is 4.36. The standard InChI is InChI=1S/C10H14N4/c1-7(2)3-4-8-13-9-10(14-8)12-6-5-11-9/h5-7H,3-4H2,1-2H3,(H,11,12,13,14). The van der Waals surface area contributed by atoms with Crippen LogP contribution in [0.4, 0.5) is 0 Å². The van der Waals surface area contributed by atoms with E-state index in [1.807, 2.05) is 0 Å². The molecule has 2 heterocycles. The van der Waals surface area contributed by atoms with E-state index in [-0.39, 0.29) is 0 Å². The molecule has 0 amide bonds. The van der Waals surface area contributed by atoms with Crippen molar-refractivity contribution in [1.29, 1.82) is 0 Å². The van der Waals surface area contributed by atoms with Crippen LogP contribution in [0, 0.1) is 5.92 Å². The van der Waals surface area contributed by atoms with Crippen molar-refractivity contribution in [3.8, 4) is 0 Å². The Labute approximate surface area is 82.8 Å². The summed E-state index contributed by atoms with van der Waals surface area (Å²) in [6, 6.07) is 0. The van der Waals surface area contributed by atoms with Crippen LogP contribution in [0.2, 0.25) is 0 Å². The molecule has 2 aromatic rings. The van der Waals surface area contributed by atoms with Gasteiger partial charge in [-0.1, -0.05) is 13.8 Å². The molecule has 0 aliphatic rings. The zero-order chi connectivity index (χ0) is 9.97. The fourth-order valence-corrected chi connectivity index (χ4v) is 1.34. The first-order chi connectivity index (χ1) is 6.75. The normalized spacial score (nSPS) is 11.4. The minimum Gasteiger partial charge on any atom is -0.325 e. The summed E-state index contributed by atoms with van der Waals surface area (Å²) in [4.78, 5) is 15.8. The summed E-state index contributed by atoms with van der Waals surface area (Å²) in [5, 5.41) is 0. The molecule has 0 fully saturated rings. The van der Waals surface area contributed by atoms with Gasteiger partial charge in [0, 0.05) is 18.8 Å². The van der Waals surface area contributed by atoms with Crippen LogP contribution in [-0.2, 0) is 6.42 Å². The third-order valence-electron chi connectivity index (χ3n) is 2.14. The van der Waals surface area contributed by atoms with Gasteiger partial charge in [0.2, 0.25) is 0 Å². The lowest BCUT2D eigenvalue weighted by molar-refractivity contribution is 0.577. The number of hydrogen-bond acceptors (Lipinski definition) is 3. The first-order valence-corrected chi connectivity index (χ1v) is 4.91. The summed E-state index contributed by atoms with van der Waals surface area (Å²) in [7, 11) is 0. The van der Waals surface area contributed by atoms with Crippen LogP contribution in [0.5, 0.6) is 0 Å². The lowest BCUT2D eigenvalue weighted by Crippen LogP contribution is -1.93. The average molecular weight is 190 g/mol. The summed E-state index contributed by atoms with van der Waals surface area (Å²) < 4.78 is 0. The van der Waals surface area contributed by atoms with Gasteiger partial charge >= 0.3 is 0 Å². The Kier molecular flexibility index (Phi) is 2.43. The maximum Gasteiger partial charge on any atom is 0.197 e. The third-order valence-corrected chi connectivity index (χ3v) is 2.14. The highest BCUT2D eigenvalue weighted by atomic mass is 15.0. The Hall–Kier alpha value is -1.45. The van der Waals surface area contributed by atoms with Gasteiger partial charge in [-0.15, -0.1) is 0 Å². The van der Waals surface area contributed by atoms with Crippen molar-refractivity contribution in [2.45, 2.75) is 26.7 Å². The third kappa shape index (κ3) is 1.89. The van der Waals surface area contributed by atoms with E-state index >= 15 is 0 Å². The van der Waals surface area contributed by atoms with Crippen molar-refractivity contribution < 1.29 is 0 Å². The number of rotatable bonds is 3. The highest BCUT2D eigenvalue weighted by molar-refractivity contribution is 5.64. The van der Waals surface area contributed by atoms with Crippen molar-refractivity contribution in [3.63, 3.8) is 0 Å². The van der Waals surface area contributed by atoms with E-state index in [9.17, 15) is 0 Å². The number of H-pyrrole nitrogens is 1. The van der Waals surface area contributed by atoms with Gasteiger partial charge in [0.25, 0.3) is 0 Å². The van der Waals surface area contributed by atoms with Gasteiger partial charge in [-0.2, -0.15) is 0 Å². The molecule has 0 unspecified atom stereocenters. The summed E-state index contributed by atoms with van der Waals surface area (Å²) in [6.07, 6.45) is 5.44. The smallest absolute Gasteiger partial charge is 0.197 e. The quantitative estimate of drug-likeness (QED) is 0.804. The first kappa shape index (κ1) is 9.12. The predicted octanol–water partition coefficient (Wildman–Crippen LogP) is 1.94. The van der Waals surface area contributed by atoms with E-state index in [0.29, 0.717) is 11.6 Å². The van der Waals surface area contributed by atoms with Crippen LogP contribution < -0.4 is 0 Å². The van der Waals surface area contributed by atoms with E-state index in [2.05, 4.69) is 33.8 Å². The van der Waals surface area contributed by atoms with Crippen molar-refractivity contribution in [2.24, 2.45) is 5.92 Å². The van der Waals surface area contributed by atoms with E-state index in [1.54, 1.807) is 12.4 Å². The molecule has 4 nitrogen and oxygen atoms in total. The molecule has 0 radical (unpaired) electrons. The Bertz CT molecular complexity index is 386. The summed E-state index contributed by atoms with van der Waals surface area (Å²) in [5.41, 5.74) is 1.50. The Balaban J connectivity index is 2.19. The molecule has 0 aromatic carbocycles. The molecule has 2 rings (SSSR count). The average Bonchev–Trinajstić information content (AvgIpc) is 2.57. The number of imidazole rings is 1. The predicted molar refractivity (Wildman–Crippen MR) is 54.8 cm³/mol. The highest BCUT2D eigenvalue weighted by Gasteiger charge is 2.04. The van der Waals surface area contributed by atoms with Gasteiger partial charge in [-0.05, 0) is 12.3 Å². The fourth-order valence-electron chi connectivity index (χ4n) is 1.34. The van der Waals surface area contributed by atoms with Gasteiger partial charge < -0.3 is 4.98 Å². The molecule has 0 saturated heterocycles. The number of nitrogens with one attached hydrogen (secondary N) is 1. The van der Waals surface area contributed by atoms with Crippen LogP contribution in [0.25, 0.3) is 11.3 Å². The molecule has 14 heavy (non-hydrogen) atoms. The van der Waals surface area contributed by atoms with Crippen LogP contribution in [0.3, 0.4) is 0 Å². The first-order valence-electron chi connectivity index (χ1n) is 4.91. The van der Waals surface area contributed by atoms with Crippen LogP contribution in [0.1, 0.15) is 26.1 Å². The van der Waals surface area contributed by atoms with Crippen molar-refractivity contribution in [3.05, 3.63) is 18.2 Å². The van der Waals surface area contributed by atoms with E-state index in [0.717, 1.165) is 24.3 Å². The van der Waals surface area contributed by atoms with Gasteiger partial charge in [-0.3, -0.25) is 0 Å². The Morgan fingerprint density at radius 3 is 2.79 bits per heavy atom. The molecular weight excluding hydrogens is 176 g/mol. The van der Waals surface area contributed by atoms with Gasteiger partial charge in [0.1, 0.15) is 5.82 Å². The molecule has 0 bridgehead atoms. The molecule has 0 spiro atoms. The number of hydrogen-bond donors (Lipinski definition) is 1. The lowest BCUT2D eigenvalue weighted by Gasteiger charge is -1.99. The number of fused-ring (bicyclic) bond motifs is 1. The zero-order valence-corrected chi connectivity index (χ0v) is 8.49. The molecule has 2 aromatic heterocycles. The minimum atomic E-state index is 0.698. The maximum atomic E-state index is 4.36. The molecular formula is C10H14N4. The van der Waals surface area contributed by atoms with Gasteiger partial charge in [0.05, 0.1) is 0 Å². The second-order valence-corrected chi connectivity index (χ2v) is 3.84. The Morgan fingerprint density at radius 1 is 1.29 bits per heavy atom. The largest absolute Gasteiger partial charge is 0.325 e. The van der Waals surface area contributed by atoms with Crippen molar-refractivity contribution in [2.75, 3.05) is 0 Å². The second kappa shape index (κ2) is 3.74. The number of aromatic amines is 1. The van der Waals surface area contributed by atoms with Crippen molar-refractivity contribution in [1.82, 2.24) is 19.9 Å². The molecule has 0 aliphatic heterocycles. The number of nitrogens with zero attached hydrogens (tertiary/aromatic N) is 3. The van der Waals surface area contributed by atoms with Gasteiger partial charge in [-0.25, -0.2) is 15.0 Å². The number of aryl methyl sites for hydroxylation is 1. The highest BCUT2D eigenvalue weighted by Crippen LogP contribution is 2.09. The zero-order valence-electron chi connectivity index (χ0n) is 8.49. The monoisotopic (exact) mass is 190 g/mol. The second-order valence-electron chi connectivity index (χ2n) is 3.84. The minimum absolute atomic E-state index is 0.698. The topological polar surface area (TPSA) is 54.5 Å². The molecule has 1 N–H and O–H groups in total. The summed E-state index contributed by atoms with van der Waals surface area (Å²) in [6.45, 7) is 4.41. The molecule has 0 aliphatic carbocycles. The molecule has 74 valence electrons. The van der Waals surface area contributed by atoms with Crippen molar-refractivity contribution >= 4 is 11.3 Å². The summed E-state index contributed by atoms with van der Waals surface area (Å²) in [5.74, 6) is 1.68. The number of aromatic nitrogens is 4. The molecule has 4 heteroatoms. The SMILES string of the molecule is CC(C)CCc1nc2nccnc2[nH]1. The van der Waals surface area contributed by atoms with Crippen LogP contribution >= 0.6 is 0 Å². The summed E-state index contributed by atoms with van der Waals surface area (Å²) >= 11 is 0. The van der Waals surface area contributed by atoms with Crippen LogP contribution in [0.15, 0.2) is 12.4 Å². The van der Waals surface area contributed by atoms with Crippen LogP contribution in [-0.4, -0.2) is 19.9 Å². The molecule has 0 atom stereocenters. The lowest BCUT2D eigenvalue weighted by atomic mass is 10.1. The molecule has 0 saturated carbocycles. The van der Waals surface area contributed by atoms with Gasteiger partial charge in [0.15, 0.2) is 11.3 Å². The fraction of sp³-hybridized carbons (Fsp3) is 0.500. The Morgan fingerprint density at radius 2 is 2.07 bits per heavy atom. The van der Waals surface area contributed by atoms with E-state index < -0.39 is 0 Å².